The van der Waals surface area contributed by atoms with Crippen molar-refractivity contribution in [3.05, 3.63) is 78.8 Å². The van der Waals surface area contributed by atoms with Gasteiger partial charge >= 0.3 is 0 Å². The molecule has 26 heavy (non-hydrogen) atoms. The van der Waals surface area contributed by atoms with Crippen molar-refractivity contribution in [2.45, 2.75) is 6.92 Å². The summed E-state index contributed by atoms with van der Waals surface area (Å²) in [6.07, 6.45) is 5.93. The summed E-state index contributed by atoms with van der Waals surface area (Å²) in [5.74, 6) is 1.08. The molecule has 0 saturated carbocycles. The predicted molar refractivity (Wildman–Crippen MR) is 102 cm³/mol. The molecule has 0 saturated heterocycles. The molecule has 0 fully saturated rings. The first-order valence-electron chi connectivity index (χ1n) is 8.63. The van der Waals surface area contributed by atoms with Crippen molar-refractivity contribution in [2.24, 2.45) is 7.05 Å². The molecule has 3 aromatic heterocycles. The van der Waals surface area contributed by atoms with E-state index in [2.05, 4.69) is 82.9 Å². The molecule has 4 heteroatoms. The highest BCUT2D eigenvalue weighted by Crippen LogP contribution is 2.36. The van der Waals surface area contributed by atoms with Crippen molar-refractivity contribution >= 4 is 22.1 Å². The van der Waals surface area contributed by atoms with Crippen LogP contribution in [0.2, 0.25) is 0 Å². The number of hydrogen-bond donors (Lipinski definition) is 0. The maximum Gasteiger partial charge on any atom is 0.297 e. The van der Waals surface area contributed by atoms with Crippen LogP contribution in [-0.2, 0) is 7.05 Å². The summed E-state index contributed by atoms with van der Waals surface area (Å²) in [6, 6.07) is 18.6. The summed E-state index contributed by atoms with van der Waals surface area (Å²) < 4.78 is 10.5. The number of hydrogen-bond acceptors (Lipinski definition) is 2. The third-order valence-corrected chi connectivity index (χ3v) is 4.89. The number of imidazole rings is 1. The smallest absolute Gasteiger partial charge is 0.297 e. The number of fused-ring (bicyclic) bond motifs is 3. The zero-order valence-electron chi connectivity index (χ0n) is 14.7. The van der Waals surface area contributed by atoms with Crippen molar-refractivity contribution in [1.29, 1.82) is 0 Å². The molecule has 0 atom stereocenters. The molecule has 0 bridgehead atoms. The van der Waals surface area contributed by atoms with Gasteiger partial charge in [-0.1, -0.05) is 30.3 Å². The Labute approximate surface area is 151 Å². The Hall–Kier alpha value is -3.40. The summed E-state index contributed by atoms with van der Waals surface area (Å²) in [5.41, 5.74) is 4.94. The first kappa shape index (κ1) is 14.9. The molecule has 4 nitrogen and oxygen atoms in total. The van der Waals surface area contributed by atoms with Crippen molar-refractivity contribution in [3.8, 4) is 17.1 Å². The van der Waals surface area contributed by atoms with Gasteiger partial charge in [-0.05, 0) is 36.8 Å². The van der Waals surface area contributed by atoms with E-state index in [4.69, 9.17) is 4.42 Å². The van der Waals surface area contributed by atoms with Crippen molar-refractivity contribution in [1.82, 2.24) is 9.55 Å². The number of aryl methyl sites for hydroxylation is 2. The third-order valence-electron chi connectivity index (χ3n) is 4.89. The standard InChI is InChI=1S/C22H18N3O/c1-15-10-11-17-18-9-6-12-23-21(18)26-20(17)19(15)22-24(2)13-14-25(22)16-7-4-3-5-8-16/h3-14H,1-2H3/q+1. The fraction of sp³-hybridized carbons (Fsp3) is 0.0909. The Bertz CT molecular complexity index is 1250. The summed E-state index contributed by atoms with van der Waals surface area (Å²) in [6.45, 7) is 2.12. The normalized spacial score (nSPS) is 11.5. The predicted octanol–water partition coefficient (Wildman–Crippen LogP) is 4.57. The van der Waals surface area contributed by atoms with E-state index in [1.807, 2.05) is 12.1 Å². The summed E-state index contributed by atoms with van der Waals surface area (Å²) in [4.78, 5) is 4.39. The summed E-state index contributed by atoms with van der Waals surface area (Å²) in [7, 11) is 2.06. The van der Waals surface area contributed by atoms with Crippen molar-refractivity contribution < 1.29 is 8.98 Å². The lowest BCUT2D eigenvalue weighted by molar-refractivity contribution is -0.659. The topological polar surface area (TPSA) is 34.8 Å². The number of nitrogens with zero attached hydrogens (tertiary/aromatic N) is 3. The zero-order valence-corrected chi connectivity index (χ0v) is 14.7. The molecule has 0 N–H and O–H groups in total. The number of aromatic nitrogens is 3. The second-order valence-corrected chi connectivity index (χ2v) is 6.53. The maximum atomic E-state index is 6.20. The van der Waals surface area contributed by atoms with Crippen LogP contribution in [0.15, 0.2) is 77.6 Å². The molecule has 0 aliphatic carbocycles. The second-order valence-electron chi connectivity index (χ2n) is 6.53. The van der Waals surface area contributed by atoms with Gasteiger partial charge in [-0.25, -0.2) is 9.55 Å². The number of pyridine rings is 1. The van der Waals surface area contributed by atoms with Crippen LogP contribution in [0, 0.1) is 6.92 Å². The van der Waals surface area contributed by atoms with Gasteiger partial charge in [0.1, 0.15) is 23.6 Å². The van der Waals surface area contributed by atoms with Crippen LogP contribution < -0.4 is 4.57 Å². The molecular formula is C22H18N3O+. The Balaban J connectivity index is 1.89. The number of rotatable bonds is 2. The largest absolute Gasteiger partial charge is 0.437 e. The molecule has 0 aliphatic heterocycles. The van der Waals surface area contributed by atoms with Crippen molar-refractivity contribution in [3.63, 3.8) is 0 Å². The average molecular weight is 340 g/mol. The molecule has 0 amide bonds. The van der Waals surface area contributed by atoms with Gasteiger partial charge in [-0.2, -0.15) is 4.57 Å². The lowest BCUT2D eigenvalue weighted by Crippen LogP contribution is -2.29. The van der Waals surface area contributed by atoms with E-state index < -0.39 is 0 Å². The number of furan rings is 1. The maximum absolute atomic E-state index is 6.20. The van der Waals surface area contributed by atoms with E-state index in [1.54, 1.807) is 6.20 Å². The molecule has 5 aromatic rings. The lowest BCUT2D eigenvalue weighted by atomic mass is 10.0. The number of para-hydroxylation sites is 1. The van der Waals surface area contributed by atoms with Gasteiger partial charge in [0.25, 0.3) is 5.82 Å². The van der Waals surface area contributed by atoms with Gasteiger partial charge in [-0.15, -0.1) is 0 Å². The Morgan fingerprint density at radius 1 is 0.962 bits per heavy atom. The van der Waals surface area contributed by atoms with Crippen LogP contribution in [0.25, 0.3) is 39.1 Å². The fourth-order valence-corrected chi connectivity index (χ4v) is 3.62. The fourth-order valence-electron chi connectivity index (χ4n) is 3.62. The SMILES string of the molecule is Cc1ccc2c(oc3ncccc32)c1-c1n(-c2ccccc2)cc[n+]1C. The Morgan fingerprint density at radius 2 is 1.81 bits per heavy atom. The molecule has 3 heterocycles. The average Bonchev–Trinajstić information content (AvgIpc) is 3.23. The van der Waals surface area contributed by atoms with Gasteiger partial charge in [0, 0.05) is 17.0 Å². The van der Waals surface area contributed by atoms with Crippen LogP contribution in [0.4, 0.5) is 0 Å². The summed E-state index contributed by atoms with van der Waals surface area (Å²) in [5, 5.41) is 2.14. The van der Waals surface area contributed by atoms with E-state index >= 15 is 0 Å². The Morgan fingerprint density at radius 3 is 2.65 bits per heavy atom. The first-order chi connectivity index (χ1) is 12.7. The summed E-state index contributed by atoms with van der Waals surface area (Å²) >= 11 is 0. The van der Waals surface area contributed by atoms with Crippen LogP contribution in [0.3, 0.4) is 0 Å². The van der Waals surface area contributed by atoms with Gasteiger partial charge in [0.05, 0.1) is 7.05 Å². The molecule has 126 valence electrons. The lowest BCUT2D eigenvalue weighted by Gasteiger charge is -2.06. The highest BCUT2D eigenvalue weighted by atomic mass is 16.3. The van der Waals surface area contributed by atoms with Gasteiger partial charge in [0.15, 0.2) is 5.58 Å². The van der Waals surface area contributed by atoms with Crippen LogP contribution in [0.5, 0.6) is 0 Å². The van der Waals surface area contributed by atoms with Crippen molar-refractivity contribution in [2.75, 3.05) is 0 Å². The van der Waals surface area contributed by atoms with E-state index in [-0.39, 0.29) is 0 Å². The minimum Gasteiger partial charge on any atom is -0.437 e. The second kappa shape index (κ2) is 5.56. The molecule has 0 unspecified atom stereocenters. The van der Waals surface area contributed by atoms with Gasteiger partial charge in [-0.3, -0.25) is 0 Å². The Kier molecular flexibility index (Phi) is 3.19. The molecule has 0 spiro atoms. The van der Waals surface area contributed by atoms with E-state index in [0.29, 0.717) is 5.71 Å². The van der Waals surface area contributed by atoms with E-state index in [0.717, 1.165) is 33.4 Å². The van der Waals surface area contributed by atoms with Crippen LogP contribution >= 0.6 is 0 Å². The van der Waals surface area contributed by atoms with Crippen LogP contribution in [0.1, 0.15) is 5.56 Å². The minimum atomic E-state index is 0.676. The first-order valence-corrected chi connectivity index (χ1v) is 8.63. The third kappa shape index (κ3) is 2.09. The molecule has 5 rings (SSSR count). The monoisotopic (exact) mass is 340 g/mol. The van der Waals surface area contributed by atoms with Gasteiger partial charge < -0.3 is 4.42 Å². The van der Waals surface area contributed by atoms with E-state index in [9.17, 15) is 0 Å². The number of benzene rings is 2. The van der Waals surface area contributed by atoms with Gasteiger partial charge in [0.2, 0.25) is 5.71 Å². The minimum absolute atomic E-state index is 0.676. The molecule has 0 radical (unpaired) electrons. The molecule has 0 aliphatic rings. The van der Waals surface area contributed by atoms with Crippen LogP contribution in [-0.4, -0.2) is 9.55 Å². The highest BCUT2D eigenvalue weighted by molar-refractivity contribution is 6.08. The molecular weight excluding hydrogens is 322 g/mol. The van der Waals surface area contributed by atoms with E-state index in [1.165, 1.54) is 5.56 Å². The zero-order chi connectivity index (χ0) is 17.7. The quantitative estimate of drug-likeness (QED) is 0.441. The molecule has 2 aromatic carbocycles. The highest BCUT2D eigenvalue weighted by Gasteiger charge is 2.25.